The molecule has 0 N–H and O–H groups in total. The zero-order chi connectivity index (χ0) is 10.1. The summed E-state index contributed by atoms with van der Waals surface area (Å²) in [5.41, 5.74) is 0. The molecule has 0 atom stereocenters. The maximum atomic E-state index is 11.0. The van der Waals surface area contributed by atoms with Crippen LogP contribution in [0.5, 0.6) is 0 Å². The Morgan fingerprint density at radius 1 is 1.38 bits per heavy atom. The van der Waals surface area contributed by atoms with Crippen molar-refractivity contribution in [3.05, 3.63) is 12.2 Å². The van der Waals surface area contributed by atoms with E-state index in [-0.39, 0.29) is 5.97 Å². The first-order chi connectivity index (χ1) is 6.16. The second kappa shape index (κ2) is 7.84. The van der Waals surface area contributed by atoms with Crippen LogP contribution in [-0.4, -0.2) is 12.6 Å². The molecule has 0 aliphatic carbocycles. The number of ether oxygens (including phenoxy) is 1. The number of unbranched alkanes of at least 4 members (excludes halogenated alkanes) is 1. The van der Waals surface area contributed by atoms with Crippen LogP contribution in [0.25, 0.3) is 0 Å². The lowest BCUT2D eigenvalue weighted by atomic mass is 10.1. The molecular weight excluding hydrogens is 164 g/mol. The average molecular weight is 184 g/mol. The summed E-state index contributed by atoms with van der Waals surface area (Å²) in [5, 5.41) is 0. The summed E-state index contributed by atoms with van der Waals surface area (Å²) < 4.78 is 4.97. The van der Waals surface area contributed by atoms with Gasteiger partial charge in [0.25, 0.3) is 0 Å². The highest BCUT2D eigenvalue weighted by atomic mass is 16.5. The van der Waals surface area contributed by atoms with Gasteiger partial charge in [0.05, 0.1) is 0 Å². The molecule has 0 fully saturated rings. The van der Waals surface area contributed by atoms with Crippen LogP contribution >= 0.6 is 0 Å². The minimum atomic E-state index is -0.101. The maximum Gasteiger partial charge on any atom is 0.306 e. The SMILES string of the molecule is CCCC=CCOC(=O)CC(C)C. The normalized spacial score (nSPS) is 11.1. The Labute approximate surface area is 81.0 Å². The van der Waals surface area contributed by atoms with Crippen molar-refractivity contribution in [3.63, 3.8) is 0 Å². The first-order valence-corrected chi connectivity index (χ1v) is 4.97. The Balaban J connectivity index is 3.36. The molecule has 13 heavy (non-hydrogen) atoms. The van der Waals surface area contributed by atoms with Gasteiger partial charge in [0.2, 0.25) is 0 Å². The third-order valence-electron chi connectivity index (χ3n) is 1.54. The zero-order valence-electron chi connectivity index (χ0n) is 8.88. The number of carbonyl (C=O) groups is 1. The first-order valence-electron chi connectivity index (χ1n) is 4.97. The van der Waals surface area contributed by atoms with E-state index in [2.05, 4.69) is 6.92 Å². The molecule has 0 heterocycles. The lowest BCUT2D eigenvalue weighted by molar-refractivity contribution is -0.143. The first kappa shape index (κ1) is 12.2. The monoisotopic (exact) mass is 184 g/mol. The van der Waals surface area contributed by atoms with Crippen molar-refractivity contribution < 1.29 is 9.53 Å². The topological polar surface area (TPSA) is 26.3 Å². The number of carbonyl (C=O) groups excluding carboxylic acids is 1. The minimum Gasteiger partial charge on any atom is -0.461 e. The highest BCUT2D eigenvalue weighted by Crippen LogP contribution is 2.00. The molecule has 0 aliphatic rings. The van der Waals surface area contributed by atoms with Crippen LogP contribution in [0.15, 0.2) is 12.2 Å². The Kier molecular flexibility index (Phi) is 7.36. The fourth-order valence-electron chi connectivity index (χ4n) is 0.886. The number of hydrogen-bond donors (Lipinski definition) is 0. The molecule has 0 aliphatic heterocycles. The van der Waals surface area contributed by atoms with Gasteiger partial charge in [0, 0.05) is 6.42 Å². The van der Waals surface area contributed by atoms with Crippen molar-refractivity contribution in [1.82, 2.24) is 0 Å². The summed E-state index contributed by atoms with van der Waals surface area (Å²) in [4.78, 5) is 11.0. The number of esters is 1. The van der Waals surface area contributed by atoms with Crippen molar-refractivity contribution in [1.29, 1.82) is 0 Å². The molecule has 0 radical (unpaired) electrons. The van der Waals surface area contributed by atoms with Gasteiger partial charge in [-0.15, -0.1) is 0 Å². The van der Waals surface area contributed by atoms with Gasteiger partial charge in [0.15, 0.2) is 0 Å². The zero-order valence-corrected chi connectivity index (χ0v) is 8.88. The van der Waals surface area contributed by atoms with Crippen LogP contribution in [-0.2, 0) is 9.53 Å². The molecule has 0 rings (SSSR count). The van der Waals surface area contributed by atoms with E-state index in [1.165, 1.54) is 0 Å². The average Bonchev–Trinajstić information content (AvgIpc) is 2.02. The van der Waals surface area contributed by atoms with Crippen LogP contribution < -0.4 is 0 Å². The fraction of sp³-hybridized carbons (Fsp3) is 0.727. The molecule has 0 bridgehead atoms. The van der Waals surface area contributed by atoms with E-state index in [9.17, 15) is 4.79 Å². The molecule has 0 spiro atoms. The molecule has 0 amide bonds. The van der Waals surface area contributed by atoms with E-state index in [4.69, 9.17) is 4.74 Å². The van der Waals surface area contributed by atoms with E-state index < -0.39 is 0 Å². The minimum absolute atomic E-state index is 0.101. The fourth-order valence-corrected chi connectivity index (χ4v) is 0.886. The maximum absolute atomic E-state index is 11.0. The number of hydrogen-bond acceptors (Lipinski definition) is 2. The predicted molar refractivity (Wildman–Crippen MR) is 54.5 cm³/mol. The van der Waals surface area contributed by atoms with Gasteiger partial charge in [-0.3, -0.25) is 4.79 Å². The Morgan fingerprint density at radius 3 is 2.62 bits per heavy atom. The largest absolute Gasteiger partial charge is 0.461 e. The molecule has 0 aromatic carbocycles. The molecule has 0 saturated carbocycles. The summed E-state index contributed by atoms with van der Waals surface area (Å²) >= 11 is 0. The second-order valence-electron chi connectivity index (χ2n) is 3.54. The van der Waals surface area contributed by atoms with E-state index in [0.717, 1.165) is 12.8 Å². The summed E-state index contributed by atoms with van der Waals surface area (Å²) in [6, 6.07) is 0. The number of allylic oxidation sites excluding steroid dienone is 1. The summed E-state index contributed by atoms with van der Waals surface area (Å²) in [5.74, 6) is 0.281. The van der Waals surface area contributed by atoms with Gasteiger partial charge in [-0.05, 0) is 12.3 Å². The quantitative estimate of drug-likeness (QED) is 0.468. The van der Waals surface area contributed by atoms with E-state index in [1.54, 1.807) is 0 Å². The summed E-state index contributed by atoms with van der Waals surface area (Å²) in [6.07, 6.45) is 6.66. The van der Waals surface area contributed by atoms with Gasteiger partial charge >= 0.3 is 5.97 Å². The Morgan fingerprint density at radius 2 is 2.08 bits per heavy atom. The second-order valence-corrected chi connectivity index (χ2v) is 3.54. The molecule has 0 aromatic rings. The highest BCUT2D eigenvalue weighted by molar-refractivity contribution is 5.69. The predicted octanol–water partition coefficient (Wildman–Crippen LogP) is 2.93. The molecule has 0 unspecified atom stereocenters. The van der Waals surface area contributed by atoms with Gasteiger partial charge in [-0.1, -0.05) is 39.3 Å². The molecule has 0 aromatic heterocycles. The summed E-state index contributed by atoms with van der Waals surface area (Å²) in [7, 11) is 0. The van der Waals surface area contributed by atoms with E-state index in [0.29, 0.717) is 18.9 Å². The van der Waals surface area contributed by atoms with Crippen LogP contribution in [0, 0.1) is 5.92 Å². The van der Waals surface area contributed by atoms with Crippen LogP contribution in [0.4, 0.5) is 0 Å². The molecule has 2 nitrogen and oxygen atoms in total. The lowest BCUT2D eigenvalue weighted by Gasteiger charge is -2.03. The lowest BCUT2D eigenvalue weighted by Crippen LogP contribution is -2.07. The third-order valence-corrected chi connectivity index (χ3v) is 1.54. The van der Waals surface area contributed by atoms with Gasteiger partial charge in [0.1, 0.15) is 6.61 Å². The van der Waals surface area contributed by atoms with Crippen molar-refractivity contribution in [3.8, 4) is 0 Å². The third kappa shape index (κ3) is 9.12. The highest BCUT2D eigenvalue weighted by Gasteiger charge is 2.03. The Bertz CT molecular complexity index is 159. The van der Waals surface area contributed by atoms with Gasteiger partial charge in [-0.25, -0.2) is 0 Å². The molecule has 2 heteroatoms. The molecule has 0 saturated heterocycles. The summed E-state index contributed by atoms with van der Waals surface area (Å²) in [6.45, 7) is 6.56. The Hall–Kier alpha value is -0.790. The van der Waals surface area contributed by atoms with Gasteiger partial charge < -0.3 is 4.74 Å². The molecule has 76 valence electrons. The number of rotatable bonds is 6. The molecular formula is C11H20O2. The van der Waals surface area contributed by atoms with E-state index >= 15 is 0 Å². The van der Waals surface area contributed by atoms with Crippen molar-refractivity contribution >= 4 is 5.97 Å². The van der Waals surface area contributed by atoms with Crippen LogP contribution in [0.1, 0.15) is 40.0 Å². The van der Waals surface area contributed by atoms with Gasteiger partial charge in [-0.2, -0.15) is 0 Å². The van der Waals surface area contributed by atoms with Crippen molar-refractivity contribution in [2.24, 2.45) is 5.92 Å². The van der Waals surface area contributed by atoms with Crippen LogP contribution in [0.3, 0.4) is 0 Å². The smallest absolute Gasteiger partial charge is 0.306 e. The van der Waals surface area contributed by atoms with Crippen LogP contribution in [0.2, 0.25) is 0 Å². The van der Waals surface area contributed by atoms with Crippen molar-refractivity contribution in [2.45, 2.75) is 40.0 Å². The van der Waals surface area contributed by atoms with E-state index in [1.807, 2.05) is 26.0 Å². The van der Waals surface area contributed by atoms with Crippen molar-refractivity contribution in [2.75, 3.05) is 6.61 Å². The standard InChI is InChI=1S/C11H20O2/c1-4-5-6-7-8-13-11(12)9-10(2)3/h6-7,10H,4-5,8-9H2,1-3H3.